The van der Waals surface area contributed by atoms with Crippen molar-refractivity contribution < 1.29 is 4.74 Å². The molecule has 0 fully saturated rings. The number of ether oxygens (including phenoxy) is 1. The van der Waals surface area contributed by atoms with E-state index >= 15 is 0 Å². The molecule has 0 spiro atoms. The Morgan fingerprint density at radius 2 is 2.17 bits per heavy atom. The largest absolute Gasteiger partial charge is 0.383 e. The zero-order valence-electron chi connectivity index (χ0n) is 12.0. The second-order valence-corrected chi connectivity index (χ2v) is 4.66. The van der Waals surface area contributed by atoms with Crippen molar-refractivity contribution >= 4 is 5.69 Å². The molecule has 0 aliphatic carbocycles. The van der Waals surface area contributed by atoms with Crippen molar-refractivity contribution in [2.45, 2.75) is 26.3 Å². The van der Waals surface area contributed by atoms with Gasteiger partial charge in [-0.15, -0.1) is 0 Å². The van der Waals surface area contributed by atoms with Gasteiger partial charge in [-0.05, 0) is 7.05 Å². The van der Waals surface area contributed by atoms with Crippen LogP contribution in [0.15, 0.2) is 6.20 Å². The lowest BCUT2D eigenvalue weighted by molar-refractivity contribution is 0.206. The van der Waals surface area contributed by atoms with Gasteiger partial charge in [0.1, 0.15) is 5.82 Å². The molecule has 1 rings (SSSR count). The van der Waals surface area contributed by atoms with Gasteiger partial charge in [0.15, 0.2) is 0 Å². The number of hydrogen-bond acceptors (Lipinski definition) is 5. The van der Waals surface area contributed by atoms with Crippen LogP contribution in [-0.2, 0) is 11.3 Å². The van der Waals surface area contributed by atoms with Crippen molar-refractivity contribution in [3.05, 3.63) is 17.7 Å². The highest BCUT2D eigenvalue weighted by molar-refractivity contribution is 5.48. The van der Waals surface area contributed by atoms with E-state index in [9.17, 15) is 0 Å². The number of nitrogens with one attached hydrogen (secondary N) is 1. The Morgan fingerprint density at radius 3 is 2.72 bits per heavy atom. The summed E-state index contributed by atoms with van der Waals surface area (Å²) in [5, 5.41) is 3.15. The first-order chi connectivity index (χ1) is 8.60. The molecule has 0 unspecified atom stereocenters. The first kappa shape index (κ1) is 14.9. The van der Waals surface area contributed by atoms with Crippen LogP contribution < -0.4 is 10.2 Å². The predicted octanol–water partition coefficient (Wildman–Crippen LogP) is 1.40. The summed E-state index contributed by atoms with van der Waals surface area (Å²) in [5.74, 6) is 1.24. The standard InChI is InChI=1S/C13H24N4O/c1-10(2)13-15-9-12(11(16-13)8-14-3)17(4)6-7-18-5/h9-10,14H,6-8H2,1-5H3. The first-order valence-electron chi connectivity index (χ1n) is 6.30. The van der Waals surface area contributed by atoms with Crippen molar-refractivity contribution in [2.24, 2.45) is 0 Å². The third-order valence-electron chi connectivity index (χ3n) is 2.77. The molecule has 1 aromatic heterocycles. The predicted molar refractivity (Wildman–Crippen MR) is 74.0 cm³/mol. The van der Waals surface area contributed by atoms with Crippen molar-refractivity contribution in [3.8, 4) is 0 Å². The van der Waals surface area contributed by atoms with E-state index in [1.165, 1.54) is 0 Å². The van der Waals surface area contributed by atoms with E-state index in [2.05, 4.69) is 34.0 Å². The maximum absolute atomic E-state index is 5.10. The number of nitrogens with zero attached hydrogens (tertiary/aromatic N) is 3. The van der Waals surface area contributed by atoms with Crippen molar-refractivity contribution in [1.82, 2.24) is 15.3 Å². The van der Waals surface area contributed by atoms with Gasteiger partial charge in [-0.1, -0.05) is 13.8 Å². The van der Waals surface area contributed by atoms with Gasteiger partial charge in [-0.2, -0.15) is 0 Å². The maximum Gasteiger partial charge on any atom is 0.131 e. The molecule has 0 bridgehead atoms. The second-order valence-electron chi connectivity index (χ2n) is 4.66. The molecule has 102 valence electrons. The zero-order valence-corrected chi connectivity index (χ0v) is 12.0. The van der Waals surface area contributed by atoms with Crippen molar-refractivity contribution in [2.75, 3.05) is 39.3 Å². The van der Waals surface area contributed by atoms with Gasteiger partial charge in [0.25, 0.3) is 0 Å². The normalized spacial score (nSPS) is 11.0. The number of rotatable bonds is 7. The molecule has 0 atom stereocenters. The molecule has 0 amide bonds. The Bertz CT molecular complexity index is 368. The Hall–Kier alpha value is -1.20. The summed E-state index contributed by atoms with van der Waals surface area (Å²) in [6, 6.07) is 0. The molecular weight excluding hydrogens is 228 g/mol. The van der Waals surface area contributed by atoms with E-state index in [1.54, 1.807) is 7.11 Å². The monoisotopic (exact) mass is 252 g/mol. The molecule has 1 aromatic rings. The molecule has 1 heterocycles. The van der Waals surface area contributed by atoms with Gasteiger partial charge in [-0.3, -0.25) is 0 Å². The maximum atomic E-state index is 5.10. The third-order valence-corrected chi connectivity index (χ3v) is 2.77. The summed E-state index contributed by atoms with van der Waals surface area (Å²) in [4.78, 5) is 11.2. The molecule has 1 N–H and O–H groups in total. The average Bonchev–Trinajstić information content (AvgIpc) is 2.36. The molecule has 0 aromatic carbocycles. The fraction of sp³-hybridized carbons (Fsp3) is 0.692. The molecule has 0 radical (unpaired) electrons. The first-order valence-corrected chi connectivity index (χ1v) is 6.30. The van der Waals surface area contributed by atoms with E-state index in [0.29, 0.717) is 12.5 Å². The van der Waals surface area contributed by atoms with E-state index < -0.39 is 0 Å². The summed E-state index contributed by atoms with van der Waals surface area (Å²) >= 11 is 0. The van der Waals surface area contributed by atoms with E-state index in [-0.39, 0.29) is 0 Å². The minimum atomic E-state index is 0.346. The van der Waals surface area contributed by atoms with Crippen LogP contribution in [0.5, 0.6) is 0 Å². The number of methoxy groups -OCH3 is 1. The molecule has 5 heteroatoms. The average molecular weight is 252 g/mol. The van der Waals surface area contributed by atoms with Gasteiger partial charge >= 0.3 is 0 Å². The van der Waals surface area contributed by atoms with Crippen molar-refractivity contribution in [3.63, 3.8) is 0 Å². The van der Waals surface area contributed by atoms with E-state index in [4.69, 9.17) is 4.74 Å². The highest BCUT2D eigenvalue weighted by Crippen LogP contribution is 2.19. The van der Waals surface area contributed by atoms with Gasteiger partial charge in [0.05, 0.1) is 24.2 Å². The lowest BCUT2D eigenvalue weighted by atomic mass is 10.2. The molecule has 0 saturated carbocycles. The second kappa shape index (κ2) is 7.28. The van der Waals surface area contributed by atoms with Crippen LogP contribution in [0.2, 0.25) is 0 Å². The minimum absolute atomic E-state index is 0.346. The van der Waals surface area contributed by atoms with Crippen molar-refractivity contribution in [1.29, 1.82) is 0 Å². The minimum Gasteiger partial charge on any atom is -0.383 e. The Morgan fingerprint density at radius 1 is 1.44 bits per heavy atom. The van der Waals surface area contributed by atoms with Crippen LogP contribution in [0.3, 0.4) is 0 Å². The lowest BCUT2D eigenvalue weighted by Crippen LogP contribution is -2.25. The molecule has 18 heavy (non-hydrogen) atoms. The zero-order chi connectivity index (χ0) is 13.5. The van der Waals surface area contributed by atoms with Crippen LogP contribution in [0.1, 0.15) is 31.3 Å². The van der Waals surface area contributed by atoms with E-state index in [0.717, 1.165) is 30.3 Å². The van der Waals surface area contributed by atoms with Gasteiger partial charge in [0.2, 0.25) is 0 Å². The number of likely N-dealkylation sites (N-methyl/N-ethyl adjacent to an activating group) is 1. The summed E-state index contributed by atoms with van der Waals surface area (Å²) in [7, 11) is 5.67. The molecule has 5 nitrogen and oxygen atoms in total. The number of hydrogen-bond donors (Lipinski definition) is 1. The van der Waals surface area contributed by atoms with Crippen LogP contribution in [0.4, 0.5) is 5.69 Å². The summed E-state index contributed by atoms with van der Waals surface area (Å²) in [6.07, 6.45) is 1.91. The van der Waals surface area contributed by atoms with Gasteiger partial charge in [0, 0.05) is 33.2 Å². The summed E-state index contributed by atoms with van der Waals surface area (Å²) in [5.41, 5.74) is 2.10. The van der Waals surface area contributed by atoms with Crippen LogP contribution in [0.25, 0.3) is 0 Å². The van der Waals surface area contributed by atoms with Crippen LogP contribution in [-0.4, -0.2) is 44.3 Å². The summed E-state index contributed by atoms with van der Waals surface area (Å²) in [6.45, 7) is 6.48. The molecule has 0 aliphatic rings. The topological polar surface area (TPSA) is 50.3 Å². The quantitative estimate of drug-likeness (QED) is 0.795. The van der Waals surface area contributed by atoms with Crippen LogP contribution >= 0.6 is 0 Å². The van der Waals surface area contributed by atoms with Crippen LogP contribution in [0, 0.1) is 0 Å². The van der Waals surface area contributed by atoms with Gasteiger partial charge < -0.3 is 15.0 Å². The fourth-order valence-electron chi connectivity index (χ4n) is 1.67. The smallest absolute Gasteiger partial charge is 0.131 e. The number of aromatic nitrogens is 2. The highest BCUT2D eigenvalue weighted by atomic mass is 16.5. The molecular formula is C13H24N4O. The Labute approximate surface area is 110 Å². The Balaban J connectivity index is 2.95. The highest BCUT2D eigenvalue weighted by Gasteiger charge is 2.12. The molecule has 0 saturated heterocycles. The SMILES string of the molecule is CNCc1nc(C(C)C)ncc1N(C)CCOC. The Kier molecular flexibility index (Phi) is 6.01. The fourth-order valence-corrected chi connectivity index (χ4v) is 1.67. The third kappa shape index (κ3) is 3.92. The number of anilines is 1. The summed E-state index contributed by atoms with van der Waals surface area (Å²) < 4.78 is 5.10. The van der Waals surface area contributed by atoms with E-state index in [1.807, 2.05) is 20.3 Å². The van der Waals surface area contributed by atoms with Gasteiger partial charge in [-0.25, -0.2) is 9.97 Å². The lowest BCUT2D eigenvalue weighted by Gasteiger charge is -2.22. The molecule has 0 aliphatic heterocycles.